The average molecular weight is 313 g/mol. The predicted molar refractivity (Wildman–Crippen MR) is 81.7 cm³/mol. The molecule has 1 aliphatic carbocycles. The molecule has 1 aromatic rings. The van der Waals surface area contributed by atoms with E-state index in [1.807, 2.05) is 19.1 Å². The molecule has 1 unspecified atom stereocenters. The van der Waals surface area contributed by atoms with Gasteiger partial charge in [0.1, 0.15) is 11.9 Å². The van der Waals surface area contributed by atoms with Crippen LogP contribution in [0, 0.1) is 5.41 Å². The van der Waals surface area contributed by atoms with Crippen LogP contribution in [0.1, 0.15) is 19.8 Å². The number of aliphatic hydroxyl groups is 1. The highest BCUT2D eigenvalue weighted by atomic mass is 35.5. The van der Waals surface area contributed by atoms with Crippen LogP contribution in [0.25, 0.3) is 0 Å². The van der Waals surface area contributed by atoms with Gasteiger partial charge in [-0.2, -0.15) is 0 Å². The highest BCUT2D eigenvalue weighted by Gasteiger charge is 2.42. The molecule has 2 rings (SSSR count). The Hall–Kier alpha value is -1.46. The van der Waals surface area contributed by atoms with Gasteiger partial charge in [0, 0.05) is 12.0 Å². The third-order valence-corrected chi connectivity index (χ3v) is 3.94. The van der Waals surface area contributed by atoms with Crippen molar-refractivity contribution < 1.29 is 14.6 Å². The van der Waals surface area contributed by atoms with E-state index in [1.165, 1.54) is 0 Å². The van der Waals surface area contributed by atoms with E-state index in [1.54, 1.807) is 12.1 Å². The minimum Gasteiger partial charge on any atom is -0.487 e. The number of para-hydroxylation sites is 1. The number of aliphatic hydroxyl groups excluding tert-OH is 1. The molecule has 0 bridgehead atoms. The van der Waals surface area contributed by atoms with Crippen LogP contribution in [-0.4, -0.2) is 36.9 Å². The van der Waals surface area contributed by atoms with Crippen LogP contribution in [0.15, 0.2) is 24.3 Å². The largest absolute Gasteiger partial charge is 0.487 e. The first-order valence-electron chi connectivity index (χ1n) is 7.08. The zero-order valence-electron chi connectivity index (χ0n) is 12.1. The molecule has 6 heteroatoms. The third kappa shape index (κ3) is 4.79. The molecule has 0 saturated heterocycles. The van der Waals surface area contributed by atoms with Gasteiger partial charge >= 0.3 is 6.03 Å². The van der Waals surface area contributed by atoms with Gasteiger partial charge in [-0.1, -0.05) is 23.7 Å². The fourth-order valence-corrected chi connectivity index (χ4v) is 2.11. The van der Waals surface area contributed by atoms with E-state index >= 15 is 0 Å². The summed E-state index contributed by atoms with van der Waals surface area (Å²) in [5, 5.41) is 15.2. The average Bonchev–Trinajstić information content (AvgIpc) is 3.26. The third-order valence-electron chi connectivity index (χ3n) is 3.63. The van der Waals surface area contributed by atoms with E-state index in [2.05, 4.69) is 10.6 Å². The number of urea groups is 1. The van der Waals surface area contributed by atoms with Gasteiger partial charge < -0.3 is 20.5 Å². The fraction of sp³-hybridized carbons (Fsp3) is 0.533. The standard InChI is InChI=1S/C15H21ClN2O3/c1-11(21-13-5-3-2-4-12(13)16)8-17-14(20)18-9-15(10-19)6-7-15/h2-5,11,19H,6-10H2,1H3,(H2,17,18,20). The van der Waals surface area contributed by atoms with Crippen LogP contribution >= 0.6 is 11.6 Å². The number of benzene rings is 1. The highest BCUT2D eigenvalue weighted by Crippen LogP contribution is 2.44. The van der Waals surface area contributed by atoms with Crippen molar-refractivity contribution in [3.63, 3.8) is 0 Å². The minimum atomic E-state index is -0.246. The summed E-state index contributed by atoms with van der Waals surface area (Å²) in [4.78, 5) is 11.7. The molecule has 1 atom stereocenters. The number of amides is 2. The first kappa shape index (κ1) is 15.9. The number of carbonyl (C=O) groups is 1. The van der Waals surface area contributed by atoms with Gasteiger partial charge in [-0.3, -0.25) is 0 Å². The zero-order valence-corrected chi connectivity index (χ0v) is 12.8. The van der Waals surface area contributed by atoms with Crippen molar-refractivity contribution in [2.75, 3.05) is 19.7 Å². The molecule has 116 valence electrons. The number of nitrogens with one attached hydrogen (secondary N) is 2. The number of hydrogen-bond donors (Lipinski definition) is 3. The van der Waals surface area contributed by atoms with Crippen LogP contribution in [0.3, 0.4) is 0 Å². The van der Waals surface area contributed by atoms with E-state index in [4.69, 9.17) is 16.3 Å². The topological polar surface area (TPSA) is 70.6 Å². The smallest absolute Gasteiger partial charge is 0.314 e. The lowest BCUT2D eigenvalue weighted by atomic mass is 10.1. The summed E-state index contributed by atoms with van der Waals surface area (Å²) < 4.78 is 5.66. The number of carbonyl (C=O) groups excluding carboxylic acids is 1. The highest BCUT2D eigenvalue weighted by molar-refractivity contribution is 6.32. The minimum absolute atomic E-state index is 0.0863. The normalized spacial score (nSPS) is 16.9. The van der Waals surface area contributed by atoms with Gasteiger partial charge in [-0.25, -0.2) is 4.79 Å². The molecule has 0 radical (unpaired) electrons. The Morgan fingerprint density at radius 1 is 1.43 bits per heavy atom. The number of rotatable bonds is 7. The first-order valence-corrected chi connectivity index (χ1v) is 7.46. The van der Waals surface area contributed by atoms with Crippen molar-refractivity contribution in [2.24, 2.45) is 5.41 Å². The Labute approximate surface area is 129 Å². The van der Waals surface area contributed by atoms with Crippen molar-refractivity contribution in [1.82, 2.24) is 10.6 Å². The van der Waals surface area contributed by atoms with Gasteiger partial charge in [0.25, 0.3) is 0 Å². The number of halogens is 1. The molecule has 1 saturated carbocycles. The molecule has 0 heterocycles. The van der Waals surface area contributed by atoms with E-state index in [-0.39, 0.29) is 24.2 Å². The zero-order chi connectivity index (χ0) is 15.3. The quantitative estimate of drug-likeness (QED) is 0.722. The van der Waals surface area contributed by atoms with Gasteiger partial charge in [0.05, 0.1) is 18.2 Å². The predicted octanol–water partition coefficient (Wildman–Crippen LogP) is 2.18. The Kier molecular flexibility index (Phi) is 5.31. The SMILES string of the molecule is CC(CNC(=O)NCC1(CO)CC1)Oc1ccccc1Cl. The Balaban J connectivity index is 1.67. The van der Waals surface area contributed by atoms with Gasteiger partial charge in [0.2, 0.25) is 0 Å². The Morgan fingerprint density at radius 2 is 2.14 bits per heavy atom. The molecule has 0 aromatic heterocycles. The number of hydrogen-bond acceptors (Lipinski definition) is 3. The summed E-state index contributed by atoms with van der Waals surface area (Å²) in [6, 6.07) is 6.98. The second kappa shape index (κ2) is 7.00. The molecule has 2 amide bonds. The summed E-state index contributed by atoms with van der Waals surface area (Å²) in [6.07, 6.45) is 1.74. The Morgan fingerprint density at radius 3 is 2.76 bits per heavy atom. The molecular weight excluding hydrogens is 292 g/mol. The summed E-state index contributed by atoms with van der Waals surface area (Å²) in [6.45, 7) is 2.87. The molecule has 1 aliphatic rings. The van der Waals surface area contributed by atoms with Crippen molar-refractivity contribution in [1.29, 1.82) is 0 Å². The molecule has 0 spiro atoms. The molecular formula is C15H21ClN2O3. The monoisotopic (exact) mass is 312 g/mol. The van der Waals surface area contributed by atoms with Crippen LogP contribution < -0.4 is 15.4 Å². The van der Waals surface area contributed by atoms with Crippen molar-refractivity contribution in [2.45, 2.75) is 25.9 Å². The maximum atomic E-state index is 11.7. The lowest BCUT2D eigenvalue weighted by molar-refractivity contribution is 0.195. The maximum absolute atomic E-state index is 11.7. The van der Waals surface area contributed by atoms with Crippen LogP contribution in [0.5, 0.6) is 5.75 Å². The van der Waals surface area contributed by atoms with E-state index < -0.39 is 0 Å². The molecule has 0 aliphatic heterocycles. The van der Waals surface area contributed by atoms with E-state index in [0.29, 0.717) is 23.9 Å². The lowest BCUT2D eigenvalue weighted by Gasteiger charge is -2.17. The van der Waals surface area contributed by atoms with Crippen LogP contribution in [0.2, 0.25) is 5.02 Å². The first-order chi connectivity index (χ1) is 10.0. The van der Waals surface area contributed by atoms with Gasteiger partial charge in [-0.05, 0) is 31.9 Å². The van der Waals surface area contributed by atoms with Gasteiger partial charge in [0.15, 0.2) is 0 Å². The van der Waals surface area contributed by atoms with E-state index in [0.717, 1.165) is 12.8 Å². The summed E-state index contributed by atoms with van der Waals surface area (Å²) in [5.41, 5.74) is -0.0863. The van der Waals surface area contributed by atoms with E-state index in [9.17, 15) is 9.90 Å². The van der Waals surface area contributed by atoms with Crippen LogP contribution in [0.4, 0.5) is 4.79 Å². The van der Waals surface area contributed by atoms with Crippen molar-refractivity contribution in [3.05, 3.63) is 29.3 Å². The number of ether oxygens (including phenoxy) is 1. The van der Waals surface area contributed by atoms with Crippen molar-refractivity contribution in [3.8, 4) is 5.75 Å². The molecule has 1 fully saturated rings. The summed E-state index contributed by atoms with van der Waals surface area (Å²) >= 11 is 6.01. The summed E-state index contributed by atoms with van der Waals surface area (Å²) in [7, 11) is 0. The molecule has 5 nitrogen and oxygen atoms in total. The van der Waals surface area contributed by atoms with Gasteiger partial charge in [-0.15, -0.1) is 0 Å². The Bertz CT molecular complexity index is 492. The van der Waals surface area contributed by atoms with Crippen molar-refractivity contribution >= 4 is 17.6 Å². The molecule has 21 heavy (non-hydrogen) atoms. The second-order valence-corrected chi connectivity index (χ2v) is 5.99. The molecule has 3 N–H and O–H groups in total. The maximum Gasteiger partial charge on any atom is 0.314 e. The van der Waals surface area contributed by atoms with Crippen LogP contribution in [-0.2, 0) is 0 Å². The fourth-order valence-electron chi connectivity index (χ4n) is 1.93. The second-order valence-electron chi connectivity index (χ2n) is 5.58. The summed E-state index contributed by atoms with van der Waals surface area (Å²) in [5.74, 6) is 0.603. The lowest BCUT2D eigenvalue weighted by Crippen LogP contribution is -2.43. The molecule has 1 aromatic carbocycles.